The molecular formula is C12H18FNO2. The van der Waals surface area contributed by atoms with Gasteiger partial charge in [-0.15, -0.1) is 0 Å². The molecular weight excluding hydrogens is 209 g/mol. The first-order valence-electron chi connectivity index (χ1n) is 5.34. The van der Waals surface area contributed by atoms with E-state index in [9.17, 15) is 4.39 Å². The highest BCUT2D eigenvalue weighted by atomic mass is 19.1. The molecule has 4 heteroatoms. The highest BCUT2D eigenvalue weighted by Gasteiger charge is 2.12. The van der Waals surface area contributed by atoms with Gasteiger partial charge in [0.2, 0.25) is 0 Å². The Morgan fingerprint density at radius 3 is 2.44 bits per heavy atom. The van der Waals surface area contributed by atoms with Gasteiger partial charge in [-0.05, 0) is 25.1 Å². The number of likely N-dealkylation sites (N-methyl/N-ethyl adjacent to an activating group) is 1. The van der Waals surface area contributed by atoms with Gasteiger partial charge < -0.3 is 10.2 Å². The van der Waals surface area contributed by atoms with Gasteiger partial charge in [0, 0.05) is 6.54 Å². The molecule has 3 nitrogen and oxygen atoms in total. The number of halogens is 1. The molecule has 0 heterocycles. The third-order valence-electron chi connectivity index (χ3n) is 2.74. The van der Waals surface area contributed by atoms with Crippen LogP contribution in [0.4, 0.5) is 4.39 Å². The standard InChI is InChI=1S/C12H18FNO2/c1-14(11(8-15)9-16)7-6-10-4-2-3-5-12(10)13/h2-5,11,15-16H,6-9H2,1H3. The van der Waals surface area contributed by atoms with Gasteiger partial charge in [-0.25, -0.2) is 4.39 Å². The highest BCUT2D eigenvalue weighted by molar-refractivity contribution is 5.17. The lowest BCUT2D eigenvalue weighted by Crippen LogP contribution is -2.38. The third kappa shape index (κ3) is 3.56. The van der Waals surface area contributed by atoms with Crippen molar-refractivity contribution in [3.05, 3.63) is 35.6 Å². The molecule has 0 spiro atoms. The molecule has 16 heavy (non-hydrogen) atoms. The zero-order chi connectivity index (χ0) is 12.0. The van der Waals surface area contributed by atoms with Gasteiger partial charge in [0.05, 0.1) is 19.3 Å². The Bertz CT molecular complexity index is 316. The molecule has 90 valence electrons. The summed E-state index contributed by atoms with van der Waals surface area (Å²) in [5.74, 6) is -0.208. The Labute approximate surface area is 95.1 Å². The first kappa shape index (κ1) is 13.1. The predicted octanol–water partition coefficient (Wildman–Crippen LogP) is 0.653. The molecule has 1 aromatic rings. The van der Waals surface area contributed by atoms with Gasteiger partial charge in [0.15, 0.2) is 0 Å². The van der Waals surface area contributed by atoms with E-state index in [1.807, 2.05) is 4.90 Å². The van der Waals surface area contributed by atoms with Crippen molar-refractivity contribution in [3.63, 3.8) is 0 Å². The van der Waals surface area contributed by atoms with Crippen molar-refractivity contribution in [1.82, 2.24) is 4.90 Å². The Morgan fingerprint density at radius 2 is 1.88 bits per heavy atom. The van der Waals surface area contributed by atoms with E-state index in [1.54, 1.807) is 25.2 Å². The topological polar surface area (TPSA) is 43.7 Å². The van der Waals surface area contributed by atoms with Crippen molar-refractivity contribution in [2.24, 2.45) is 0 Å². The van der Waals surface area contributed by atoms with Gasteiger partial charge in [-0.2, -0.15) is 0 Å². The molecule has 0 atom stereocenters. The first-order chi connectivity index (χ1) is 7.69. The first-order valence-corrected chi connectivity index (χ1v) is 5.34. The van der Waals surface area contributed by atoms with Gasteiger partial charge in [0.25, 0.3) is 0 Å². The summed E-state index contributed by atoms with van der Waals surface area (Å²) >= 11 is 0. The normalized spacial score (nSPS) is 11.4. The van der Waals surface area contributed by atoms with E-state index in [1.165, 1.54) is 6.07 Å². The van der Waals surface area contributed by atoms with E-state index in [4.69, 9.17) is 10.2 Å². The van der Waals surface area contributed by atoms with E-state index in [0.29, 0.717) is 18.5 Å². The van der Waals surface area contributed by atoms with Crippen LogP contribution in [0.25, 0.3) is 0 Å². The molecule has 0 aliphatic rings. The molecule has 0 radical (unpaired) electrons. The van der Waals surface area contributed by atoms with Crippen LogP contribution in [-0.2, 0) is 6.42 Å². The second-order valence-electron chi connectivity index (χ2n) is 3.84. The Balaban J connectivity index is 2.48. The van der Waals surface area contributed by atoms with Crippen molar-refractivity contribution in [2.45, 2.75) is 12.5 Å². The predicted molar refractivity (Wildman–Crippen MR) is 60.7 cm³/mol. The molecule has 0 saturated carbocycles. The number of benzene rings is 1. The average Bonchev–Trinajstić information content (AvgIpc) is 2.29. The molecule has 0 aliphatic heterocycles. The number of hydrogen-bond acceptors (Lipinski definition) is 3. The minimum absolute atomic E-state index is 0.0930. The molecule has 0 aromatic heterocycles. The fraction of sp³-hybridized carbons (Fsp3) is 0.500. The summed E-state index contributed by atoms with van der Waals surface area (Å²) in [4.78, 5) is 1.83. The van der Waals surface area contributed by atoms with Crippen molar-refractivity contribution < 1.29 is 14.6 Å². The maximum absolute atomic E-state index is 13.3. The maximum Gasteiger partial charge on any atom is 0.126 e. The van der Waals surface area contributed by atoms with E-state index < -0.39 is 0 Å². The SMILES string of the molecule is CN(CCc1ccccc1F)C(CO)CO. The van der Waals surface area contributed by atoms with Crippen molar-refractivity contribution >= 4 is 0 Å². The summed E-state index contributed by atoms with van der Waals surface area (Å²) in [5.41, 5.74) is 0.656. The zero-order valence-electron chi connectivity index (χ0n) is 9.43. The second-order valence-corrected chi connectivity index (χ2v) is 3.84. The summed E-state index contributed by atoms with van der Waals surface area (Å²) in [5, 5.41) is 17.9. The summed E-state index contributed by atoms with van der Waals surface area (Å²) in [6.07, 6.45) is 0.569. The van der Waals surface area contributed by atoms with E-state index in [0.717, 1.165) is 0 Å². The van der Waals surface area contributed by atoms with E-state index >= 15 is 0 Å². The molecule has 0 unspecified atom stereocenters. The fourth-order valence-electron chi connectivity index (χ4n) is 1.52. The van der Waals surface area contributed by atoms with Crippen molar-refractivity contribution in [3.8, 4) is 0 Å². The largest absolute Gasteiger partial charge is 0.395 e. The molecule has 0 aliphatic carbocycles. The van der Waals surface area contributed by atoms with Crippen LogP contribution in [0.3, 0.4) is 0 Å². The van der Waals surface area contributed by atoms with E-state index in [2.05, 4.69) is 0 Å². The minimum Gasteiger partial charge on any atom is -0.395 e. The number of aliphatic hydroxyl groups is 2. The maximum atomic E-state index is 13.3. The average molecular weight is 227 g/mol. The monoisotopic (exact) mass is 227 g/mol. The number of nitrogens with zero attached hydrogens (tertiary/aromatic N) is 1. The smallest absolute Gasteiger partial charge is 0.126 e. The second kappa shape index (κ2) is 6.58. The zero-order valence-corrected chi connectivity index (χ0v) is 9.43. The van der Waals surface area contributed by atoms with Crippen LogP contribution in [-0.4, -0.2) is 48.0 Å². The van der Waals surface area contributed by atoms with Crippen LogP contribution in [0.5, 0.6) is 0 Å². The van der Waals surface area contributed by atoms with Crippen LogP contribution >= 0.6 is 0 Å². The molecule has 1 aromatic carbocycles. The molecule has 0 bridgehead atoms. The highest BCUT2D eigenvalue weighted by Crippen LogP contribution is 2.08. The lowest BCUT2D eigenvalue weighted by Gasteiger charge is -2.24. The lowest BCUT2D eigenvalue weighted by molar-refractivity contribution is 0.0924. The van der Waals surface area contributed by atoms with Gasteiger partial charge in [-0.1, -0.05) is 18.2 Å². The Morgan fingerprint density at radius 1 is 1.25 bits per heavy atom. The number of aliphatic hydroxyl groups excluding tert-OH is 2. The lowest BCUT2D eigenvalue weighted by atomic mass is 10.1. The third-order valence-corrected chi connectivity index (χ3v) is 2.74. The van der Waals surface area contributed by atoms with Crippen molar-refractivity contribution in [2.75, 3.05) is 26.8 Å². The summed E-state index contributed by atoms with van der Waals surface area (Å²) in [7, 11) is 1.80. The van der Waals surface area contributed by atoms with Gasteiger partial charge >= 0.3 is 0 Å². The van der Waals surface area contributed by atoms with Crippen LogP contribution in [0.1, 0.15) is 5.56 Å². The van der Waals surface area contributed by atoms with Gasteiger partial charge in [0.1, 0.15) is 5.82 Å². The summed E-state index contributed by atoms with van der Waals surface area (Å²) in [6.45, 7) is 0.418. The van der Waals surface area contributed by atoms with Crippen LogP contribution in [0.2, 0.25) is 0 Å². The van der Waals surface area contributed by atoms with E-state index in [-0.39, 0.29) is 25.1 Å². The van der Waals surface area contributed by atoms with Crippen LogP contribution in [0.15, 0.2) is 24.3 Å². The minimum atomic E-state index is -0.272. The quantitative estimate of drug-likeness (QED) is 0.750. The van der Waals surface area contributed by atoms with Gasteiger partial charge in [-0.3, -0.25) is 4.90 Å². The molecule has 0 saturated heterocycles. The number of rotatable bonds is 6. The molecule has 0 amide bonds. The van der Waals surface area contributed by atoms with Crippen molar-refractivity contribution in [1.29, 1.82) is 0 Å². The Hall–Kier alpha value is -0.970. The fourth-order valence-corrected chi connectivity index (χ4v) is 1.52. The molecule has 2 N–H and O–H groups in total. The number of hydrogen-bond donors (Lipinski definition) is 2. The van der Waals surface area contributed by atoms with Crippen LogP contribution in [0, 0.1) is 5.82 Å². The Kier molecular flexibility index (Phi) is 5.38. The summed E-state index contributed by atoms with van der Waals surface area (Å²) in [6, 6.07) is 6.37. The van der Waals surface area contributed by atoms with Crippen LogP contribution < -0.4 is 0 Å². The molecule has 0 fully saturated rings. The molecule has 1 rings (SSSR count). The summed E-state index contributed by atoms with van der Waals surface area (Å²) < 4.78 is 13.3.